The molecule has 0 amide bonds. The Labute approximate surface area is 97.6 Å². The summed E-state index contributed by atoms with van der Waals surface area (Å²) >= 11 is 0. The molecule has 1 fully saturated rings. The van der Waals surface area contributed by atoms with Crippen LogP contribution in [0.2, 0.25) is 0 Å². The molecule has 3 heteroatoms. The zero-order valence-electron chi connectivity index (χ0n) is 10.1. The molecule has 1 aromatic heterocycles. The van der Waals surface area contributed by atoms with Crippen LogP contribution < -0.4 is 10.6 Å². The average Bonchev–Trinajstić information content (AvgIpc) is 3.00. The van der Waals surface area contributed by atoms with E-state index in [9.17, 15) is 0 Å². The van der Waals surface area contributed by atoms with Gasteiger partial charge >= 0.3 is 0 Å². The molecule has 16 heavy (non-hydrogen) atoms. The third-order valence-corrected chi connectivity index (χ3v) is 3.06. The Bertz CT molecular complexity index is 305. The maximum Gasteiger partial charge on any atom is 0.120 e. The molecule has 1 aliphatic carbocycles. The van der Waals surface area contributed by atoms with Crippen molar-refractivity contribution < 1.29 is 4.42 Å². The van der Waals surface area contributed by atoms with Crippen molar-refractivity contribution in [1.82, 2.24) is 10.6 Å². The van der Waals surface area contributed by atoms with Crippen LogP contribution in [-0.4, -0.2) is 19.6 Å². The van der Waals surface area contributed by atoms with Crippen LogP contribution in [0.3, 0.4) is 0 Å². The number of hydrogen-bond donors (Lipinski definition) is 2. The van der Waals surface area contributed by atoms with E-state index < -0.39 is 0 Å². The standard InChI is InChI=1S/C13H22N2O/c1-14-10-13-11(7-9-16-13)4-2-3-8-15-12-5-6-12/h7,9,12,14-15H,2-6,8,10H2,1H3. The molecule has 0 aliphatic heterocycles. The Morgan fingerprint density at radius 2 is 2.25 bits per heavy atom. The zero-order valence-corrected chi connectivity index (χ0v) is 10.1. The van der Waals surface area contributed by atoms with Crippen molar-refractivity contribution in [2.45, 2.75) is 44.7 Å². The lowest BCUT2D eigenvalue weighted by molar-refractivity contribution is 0.488. The largest absolute Gasteiger partial charge is 0.468 e. The third kappa shape index (κ3) is 3.65. The fourth-order valence-electron chi connectivity index (χ4n) is 1.94. The SMILES string of the molecule is CNCc1occc1CCCCNC1CC1. The summed E-state index contributed by atoms with van der Waals surface area (Å²) in [6.07, 6.45) is 8.21. The van der Waals surface area contributed by atoms with Crippen LogP contribution in [0.15, 0.2) is 16.7 Å². The quantitative estimate of drug-likeness (QED) is 0.661. The molecule has 0 radical (unpaired) electrons. The number of nitrogens with one attached hydrogen (secondary N) is 2. The molecule has 0 spiro atoms. The normalized spacial score (nSPS) is 15.6. The van der Waals surface area contributed by atoms with Crippen molar-refractivity contribution in [3.05, 3.63) is 23.7 Å². The van der Waals surface area contributed by atoms with Crippen molar-refractivity contribution in [1.29, 1.82) is 0 Å². The number of rotatable bonds is 8. The van der Waals surface area contributed by atoms with E-state index in [0.717, 1.165) is 24.8 Å². The second-order valence-electron chi connectivity index (χ2n) is 4.58. The van der Waals surface area contributed by atoms with Gasteiger partial charge in [-0.3, -0.25) is 0 Å². The highest BCUT2D eigenvalue weighted by Crippen LogP contribution is 2.18. The molecule has 0 unspecified atom stereocenters. The van der Waals surface area contributed by atoms with Crippen molar-refractivity contribution in [2.24, 2.45) is 0 Å². The van der Waals surface area contributed by atoms with Gasteiger partial charge in [0, 0.05) is 6.04 Å². The summed E-state index contributed by atoms with van der Waals surface area (Å²) in [6.45, 7) is 2.01. The van der Waals surface area contributed by atoms with Crippen LogP contribution in [0.5, 0.6) is 0 Å². The van der Waals surface area contributed by atoms with E-state index in [-0.39, 0.29) is 0 Å². The van der Waals surface area contributed by atoms with Crippen molar-refractivity contribution in [3.8, 4) is 0 Å². The summed E-state index contributed by atoms with van der Waals surface area (Å²) in [5.74, 6) is 1.10. The zero-order chi connectivity index (χ0) is 11.2. The van der Waals surface area contributed by atoms with Gasteiger partial charge in [-0.1, -0.05) is 0 Å². The summed E-state index contributed by atoms with van der Waals surface area (Å²) in [5, 5.41) is 6.67. The predicted octanol–water partition coefficient (Wildman–Crippen LogP) is 2.07. The van der Waals surface area contributed by atoms with Gasteiger partial charge in [0.05, 0.1) is 12.8 Å². The second-order valence-corrected chi connectivity index (χ2v) is 4.58. The number of unbranched alkanes of at least 4 members (excludes halogenated alkanes) is 1. The second kappa shape index (κ2) is 6.06. The van der Waals surface area contributed by atoms with Gasteiger partial charge < -0.3 is 15.1 Å². The average molecular weight is 222 g/mol. The van der Waals surface area contributed by atoms with Gasteiger partial charge in [0.15, 0.2) is 0 Å². The van der Waals surface area contributed by atoms with Gasteiger partial charge in [0.25, 0.3) is 0 Å². The highest BCUT2D eigenvalue weighted by Gasteiger charge is 2.19. The van der Waals surface area contributed by atoms with Gasteiger partial charge in [-0.2, -0.15) is 0 Å². The van der Waals surface area contributed by atoms with Crippen LogP contribution in [-0.2, 0) is 13.0 Å². The van der Waals surface area contributed by atoms with E-state index in [2.05, 4.69) is 16.7 Å². The first-order chi connectivity index (χ1) is 7.90. The molecule has 3 nitrogen and oxygen atoms in total. The maximum absolute atomic E-state index is 5.43. The van der Waals surface area contributed by atoms with Crippen LogP contribution in [0.1, 0.15) is 37.0 Å². The molecule has 2 N–H and O–H groups in total. The Hall–Kier alpha value is -0.800. The van der Waals surface area contributed by atoms with Gasteiger partial charge in [-0.05, 0) is 57.3 Å². The molecule has 1 aliphatic rings. The molecule has 0 aromatic carbocycles. The molecular weight excluding hydrogens is 200 g/mol. The Morgan fingerprint density at radius 3 is 3.00 bits per heavy atom. The lowest BCUT2D eigenvalue weighted by atomic mass is 10.1. The Balaban J connectivity index is 1.61. The molecule has 90 valence electrons. The first-order valence-corrected chi connectivity index (χ1v) is 6.33. The molecule has 2 rings (SSSR count). The fourth-order valence-corrected chi connectivity index (χ4v) is 1.94. The van der Waals surface area contributed by atoms with E-state index in [1.165, 1.54) is 37.8 Å². The lowest BCUT2D eigenvalue weighted by Gasteiger charge is -2.03. The monoisotopic (exact) mass is 222 g/mol. The summed E-state index contributed by atoms with van der Waals surface area (Å²) in [5.41, 5.74) is 1.36. The lowest BCUT2D eigenvalue weighted by Crippen LogP contribution is -2.17. The molecule has 0 saturated heterocycles. The first-order valence-electron chi connectivity index (χ1n) is 6.33. The highest BCUT2D eigenvalue weighted by atomic mass is 16.3. The van der Waals surface area contributed by atoms with E-state index >= 15 is 0 Å². The van der Waals surface area contributed by atoms with Crippen molar-refractivity contribution in [2.75, 3.05) is 13.6 Å². The molecule has 0 bridgehead atoms. The molecule has 0 atom stereocenters. The van der Waals surface area contributed by atoms with Gasteiger partial charge in [0.1, 0.15) is 5.76 Å². The summed E-state index contributed by atoms with van der Waals surface area (Å²) in [6, 6.07) is 2.94. The minimum atomic E-state index is 0.836. The first kappa shape index (κ1) is 11.7. The smallest absolute Gasteiger partial charge is 0.120 e. The predicted molar refractivity (Wildman–Crippen MR) is 65.4 cm³/mol. The van der Waals surface area contributed by atoms with Gasteiger partial charge in [-0.15, -0.1) is 0 Å². The minimum absolute atomic E-state index is 0.836. The van der Waals surface area contributed by atoms with Crippen LogP contribution in [0.25, 0.3) is 0 Å². The maximum atomic E-state index is 5.43. The van der Waals surface area contributed by atoms with E-state index in [1.807, 2.05) is 7.05 Å². The summed E-state index contributed by atoms with van der Waals surface area (Å²) in [7, 11) is 1.95. The molecule has 1 aromatic rings. The fraction of sp³-hybridized carbons (Fsp3) is 0.692. The number of hydrogen-bond acceptors (Lipinski definition) is 3. The van der Waals surface area contributed by atoms with Gasteiger partial charge in [0.2, 0.25) is 0 Å². The number of furan rings is 1. The highest BCUT2D eigenvalue weighted by molar-refractivity contribution is 5.16. The number of aryl methyl sites for hydroxylation is 1. The van der Waals surface area contributed by atoms with Crippen LogP contribution >= 0.6 is 0 Å². The van der Waals surface area contributed by atoms with Crippen LogP contribution in [0, 0.1) is 0 Å². The molecule has 1 heterocycles. The third-order valence-electron chi connectivity index (χ3n) is 3.06. The van der Waals surface area contributed by atoms with Crippen LogP contribution in [0.4, 0.5) is 0 Å². The van der Waals surface area contributed by atoms with E-state index in [1.54, 1.807) is 6.26 Å². The molecule has 1 saturated carbocycles. The Kier molecular flexibility index (Phi) is 4.43. The Morgan fingerprint density at radius 1 is 1.38 bits per heavy atom. The topological polar surface area (TPSA) is 37.2 Å². The van der Waals surface area contributed by atoms with Crippen molar-refractivity contribution >= 4 is 0 Å². The van der Waals surface area contributed by atoms with E-state index in [0.29, 0.717) is 0 Å². The molecular formula is C13H22N2O. The van der Waals surface area contributed by atoms with Gasteiger partial charge in [-0.25, -0.2) is 0 Å². The van der Waals surface area contributed by atoms with E-state index in [4.69, 9.17) is 4.42 Å². The minimum Gasteiger partial charge on any atom is -0.468 e. The summed E-state index contributed by atoms with van der Waals surface area (Å²) in [4.78, 5) is 0. The van der Waals surface area contributed by atoms with Crippen molar-refractivity contribution in [3.63, 3.8) is 0 Å². The summed E-state index contributed by atoms with van der Waals surface area (Å²) < 4.78 is 5.43.